The molecule has 1 aliphatic rings. The van der Waals surface area contributed by atoms with Gasteiger partial charge < -0.3 is 9.64 Å². The fraction of sp³-hybridized carbons (Fsp3) is 0.538. The van der Waals surface area contributed by atoms with Crippen LogP contribution in [-0.2, 0) is 0 Å². The van der Waals surface area contributed by atoms with E-state index in [9.17, 15) is 0 Å². The van der Waals surface area contributed by atoms with Gasteiger partial charge in [-0.1, -0.05) is 5.11 Å². The summed E-state index contributed by atoms with van der Waals surface area (Å²) in [6.07, 6.45) is 0. The van der Waals surface area contributed by atoms with Gasteiger partial charge in [0.15, 0.2) is 0 Å². The molecule has 0 radical (unpaired) electrons. The van der Waals surface area contributed by atoms with E-state index in [4.69, 9.17) is 10.3 Å². The molecular formula is C13H19N5O. The lowest BCUT2D eigenvalue weighted by Gasteiger charge is -2.35. The Labute approximate surface area is 113 Å². The standard InChI is InChI=1S/C13H19N5O/c1-19-13-4-2-12(3-5-13)18-10-8-17(9-11-18)7-6-15-16-14/h2-5H,6-11H2,1H3. The summed E-state index contributed by atoms with van der Waals surface area (Å²) >= 11 is 0. The summed E-state index contributed by atoms with van der Waals surface area (Å²) in [6.45, 7) is 5.42. The van der Waals surface area contributed by atoms with Crippen LogP contribution in [-0.4, -0.2) is 51.3 Å². The first-order chi connectivity index (χ1) is 9.33. The van der Waals surface area contributed by atoms with Crippen LogP contribution >= 0.6 is 0 Å². The Morgan fingerprint density at radius 3 is 2.47 bits per heavy atom. The molecule has 1 aliphatic heterocycles. The Bertz CT molecular complexity index is 433. The van der Waals surface area contributed by atoms with Crippen LogP contribution in [0.15, 0.2) is 29.4 Å². The number of nitrogens with zero attached hydrogens (tertiary/aromatic N) is 5. The molecule has 1 aromatic carbocycles. The van der Waals surface area contributed by atoms with Crippen molar-refractivity contribution in [3.63, 3.8) is 0 Å². The van der Waals surface area contributed by atoms with E-state index in [1.165, 1.54) is 5.69 Å². The molecule has 1 aromatic rings. The summed E-state index contributed by atoms with van der Waals surface area (Å²) < 4.78 is 5.16. The van der Waals surface area contributed by atoms with Gasteiger partial charge in [-0.05, 0) is 29.8 Å². The highest BCUT2D eigenvalue weighted by atomic mass is 16.5. The Hall–Kier alpha value is -1.91. The number of ether oxygens (including phenoxy) is 1. The Morgan fingerprint density at radius 1 is 1.21 bits per heavy atom. The lowest BCUT2D eigenvalue weighted by atomic mass is 10.2. The zero-order valence-electron chi connectivity index (χ0n) is 11.2. The minimum Gasteiger partial charge on any atom is -0.497 e. The quantitative estimate of drug-likeness (QED) is 0.463. The molecule has 1 fully saturated rings. The Morgan fingerprint density at radius 2 is 1.89 bits per heavy atom. The largest absolute Gasteiger partial charge is 0.497 e. The van der Waals surface area contributed by atoms with Gasteiger partial charge in [-0.15, -0.1) is 0 Å². The molecule has 1 saturated heterocycles. The predicted octanol–water partition coefficient (Wildman–Crippen LogP) is 2.13. The van der Waals surface area contributed by atoms with Gasteiger partial charge in [0, 0.05) is 49.9 Å². The average molecular weight is 261 g/mol. The summed E-state index contributed by atoms with van der Waals surface area (Å²) in [4.78, 5) is 7.47. The van der Waals surface area contributed by atoms with Gasteiger partial charge in [0.1, 0.15) is 5.75 Å². The highest BCUT2D eigenvalue weighted by Crippen LogP contribution is 2.20. The van der Waals surface area contributed by atoms with Crippen LogP contribution in [0.4, 0.5) is 5.69 Å². The summed E-state index contributed by atoms with van der Waals surface area (Å²) in [5.41, 5.74) is 9.48. The summed E-state index contributed by atoms with van der Waals surface area (Å²) in [7, 11) is 1.68. The van der Waals surface area contributed by atoms with Crippen LogP contribution < -0.4 is 9.64 Å². The fourth-order valence-electron chi connectivity index (χ4n) is 2.25. The van der Waals surface area contributed by atoms with Crippen molar-refractivity contribution in [2.45, 2.75) is 0 Å². The normalized spacial score (nSPS) is 15.9. The lowest BCUT2D eigenvalue weighted by Crippen LogP contribution is -2.47. The maximum absolute atomic E-state index is 8.25. The van der Waals surface area contributed by atoms with Crippen LogP contribution in [0.1, 0.15) is 0 Å². The van der Waals surface area contributed by atoms with E-state index in [0.29, 0.717) is 6.54 Å². The number of piperazine rings is 1. The van der Waals surface area contributed by atoms with Crippen molar-refractivity contribution in [1.29, 1.82) is 0 Å². The summed E-state index contributed by atoms with van der Waals surface area (Å²) in [5.74, 6) is 0.886. The molecule has 0 saturated carbocycles. The maximum atomic E-state index is 8.25. The SMILES string of the molecule is COc1ccc(N2CCN(CCN=[N+]=[N-])CC2)cc1. The molecule has 0 unspecified atom stereocenters. The maximum Gasteiger partial charge on any atom is 0.119 e. The van der Waals surface area contributed by atoms with Crippen molar-refractivity contribution in [2.75, 3.05) is 51.3 Å². The molecule has 0 atom stereocenters. The van der Waals surface area contributed by atoms with Crippen molar-refractivity contribution < 1.29 is 4.74 Å². The van der Waals surface area contributed by atoms with E-state index in [1.54, 1.807) is 7.11 Å². The van der Waals surface area contributed by atoms with E-state index in [1.807, 2.05) is 12.1 Å². The van der Waals surface area contributed by atoms with Gasteiger partial charge in [-0.2, -0.15) is 0 Å². The van der Waals surface area contributed by atoms with Crippen molar-refractivity contribution in [3.8, 4) is 5.75 Å². The molecule has 2 rings (SSSR count). The Kier molecular flexibility index (Phi) is 4.89. The number of rotatable bonds is 5. The van der Waals surface area contributed by atoms with Crippen molar-refractivity contribution in [3.05, 3.63) is 34.7 Å². The van der Waals surface area contributed by atoms with E-state index in [-0.39, 0.29) is 0 Å². The second-order valence-corrected chi connectivity index (χ2v) is 4.48. The van der Waals surface area contributed by atoms with Crippen LogP contribution in [0.2, 0.25) is 0 Å². The van der Waals surface area contributed by atoms with Crippen LogP contribution in [0.3, 0.4) is 0 Å². The fourth-order valence-corrected chi connectivity index (χ4v) is 2.25. The molecule has 0 spiro atoms. The molecule has 1 heterocycles. The summed E-state index contributed by atoms with van der Waals surface area (Å²) in [5, 5.41) is 3.57. The number of hydrogen-bond acceptors (Lipinski definition) is 4. The molecule has 0 amide bonds. The molecule has 0 aromatic heterocycles. The highest BCUT2D eigenvalue weighted by molar-refractivity contribution is 5.49. The number of anilines is 1. The van der Waals surface area contributed by atoms with Gasteiger partial charge >= 0.3 is 0 Å². The first-order valence-corrected chi connectivity index (χ1v) is 6.45. The zero-order valence-corrected chi connectivity index (χ0v) is 11.2. The van der Waals surface area contributed by atoms with Crippen LogP contribution in [0.25, 0.3) is 10.4 Å². The third kappa shape index (κ3) is 3.77. The molecule has 19 heavy (non-hydrogen) atoms. The van der Waals surface area contributed by atoms with E-state index >= 15 is 0 Å². The van der Waals surface area contributed by atoms with Crippen molar-refractivity contribution >= 4 is 5.69 Å². The van der Waals surface area contributed by atoms with Crippen molar-refractivity contribution in [1.82, 2.24) is 4.90 Å². The molecule has 0 aliphatic carbocycles. The number of azide groups is 1. The van der Waals surface area contributed by atoms with Gasteiger partial charge in [-0.25, -0.2) is 0 Å². The van der Waals surface area contributed by atoms with Gasteiger partial charge in [-0.3, -0.25) is 4.90 Å². The van der Waals surface area contributed by atoms with E-state index in [2.05, 4.69) is 32.0 Å². The van der Waals surface area contributed by atoms with E-state index < -0.39 is 0 Å². The third-order valence-electron chi connectivity index (χ3n) is 3.39. The van der Waals surface area contributed by atoms with Crippen LogP contribution in [0, 0.1) is 0 Å². The average Bonchev–Trinajstić information content (AvgIpc) is 2.48. The molecule has 0 N–H and O–H groups in total. The molecule has 0 bridgehead atoms. The smallest absolute Gasteiger partial charge is 0.119 e. The lowest BCUT2D eigenvalue weighted by molar-refractivity contribution is 0.265. The van der Waals surface area contributed by atoms with Crippen LogP contribution in [0.5, 0.6) is 5.75 Å². The predicted molar refractivity (Wildman–Crippen MR) is 75.7 cm³/mol. The first-order valence-electron chi connectivity index (χ1n) is 6.45. The first kappa shape index (κ1) is 13.5. The Balaban J connectivity index is 1.83. The van der Waals surface area contributed by atoms with Gasteiger partial charge in [0.25, 0.3) is 0 Å². The van der Waals surface area contributed by atoms with E-state index in [0.717, 1.165) is 38.5 Å². The number of hydrogen-bond donors (Lipinski definition) is 0. The van der Waals surface area contributed by atoms with Crippen molar-refractivity contribution in [2.24, 2.45) is 5.11 Å². The monoisotopic (exact) mass is 261 g/mol. The molecule has 6 heteroatoms. The number of methoxy groups -OCH3 is 1. The van der Waals surface area contributed by atoms with Gasteiger partial charge in [0.05, 0.1) is 7.11 Å². The summed E-state index contributed by atoms with van der Waals surface area (Å²) in [6, 6.07) is 8.16. The highest BCUT2D eigenvalue weighted by Gasteiger charge is 2.16. The molecular weight excluding hydrogens is 242 g/mol. The molecule has 6 nitrogen and oxygen atoms in total. The molecule has 102 valence electrons. The zero-order chi connectivity index (χ0) is 13.5. The minimum atomic E-state index is 0.555. The second kappa shape index (κ2) is 6.87. The third-order valence-corrected chi connectivity index (χ3v) is 3.39. The minimum absolute atomic E-state index is 0.555. The number of benzene rings is 1. The van der Waals surface area contributed by atoms with Gasteiger partial charge in [0.2, 0.25) is 0 Å². The topological polar surface area (TPSA) is 64.5 Å². The second-order valence-electron chi connectivity index (χ2n) is 4.48.